The van der Waals surface area contributed by atoms with E-state index in [1.807, 2.05) is 26.0 Å². The minimum absolute atomic E-state index is 0.0563. The van der Waals surface area contributed by atoms with Crippen molar-refractivity contribution in [3.05, 3.63) is 24.5 Å². The van der Waals surface area contributed by atoms with Crippen molar-refractivity contribution in [3.63, 3.8) is 0 Å². The second-order valence-corrected chi connectivity index (χ2v) is 5.28. The van der Waals surface area contributed by atoms with Crippen molar-refractivity contribution in [2.24, 2.45) is 5.92 Å². The Kier molecular flexibility index (Phi) is 6.75. The van der Waals surface area contributed by atoms with E-state index in [1.54, 1.807) is 12.4 Å². The van der Waals surface area contributed by atoms with Crippen molar-refractivity contribution in [2.45, 2.75) is 31.3 Å². The maximum Gasteiger partial charge on any atom is 0.230 e. The number of carbonyl (C=O) groups excluding carboxylic acids is 1. The Morgan fingerprint density at radius 1 is 1.50 bits per heavy atom. The molecule has 18 heavy (non-hydrogen) atoms. The van der Waals surface area contributed by atoms with Gasteiger partial charge in [0.15, 0.2) is 0 Å². The minimum Gasteiger partial charge on any atom is -0.391 e. The quantitative estimate of drug-likeness (QED) is 0.739. The van der Waals surface area contributed by atoms with Gasteiger partial charge in [0.05, 0.1) is 11.9 Å². The highest BCUT2D eigenvalue weighted by Crippen LogP contribution is 2.15. The van der Waals surface area contributed by atoms with Gasteiger partial charge >= 0.3 is 0 Å². The summed E-state index contributed by atoms with van der Waals surface area (Å²) in [6, 6.07) is 3.73. The molecule has 1 aromatic heterocycles. The van der Waals surface area contributed by atoms with E-state index in [-0.39, 0.29) is 11.8 Å². The van der Waals surface area contributed by atoms with Gasteiger partial charge in [0.25, 0.3) is 0 Å². The molecule has 0 fully saturated rings. The molecule has 0 saturated carbocycles. The smallest absolute Gasteiger partial charge is 0.230 e. The van der Waals surface area contributed by atoms with E-state index in [2.05, 4.69) is 10.3 Å². The van der Waals surface area contributed by atoms with E-state index in [4.69, 9.17) is 0 Å². The van der Waals surface area contributed by atoms with E-state index in [9.17, 15) is 9.90 Å². The molecule has 1 heterocycles. The van der Waals surface area contributed by atoms with Crippen LogP contribution in [-0.2, 0) is 4.79 Å². The second kappa shape index (κ2) is 8.11. The molecule has 0 aliphatic heterocycles. The Morgan fingerprint density at radius 3 is 2.78 bits per heavy atom. The topological polar surface area (TPSA) is 62.2 Å². The monoisotopic (exact) mass is 268 g/mol. The van der Waals surface area contributed by atoms with Crippen LogP contribution < -0.4 is 5.32 Å². The van der Waals surface area contributed by atoms with Gasteiger partial charge in [0, 0.05) is 23.8 Å². The van der Waals surface area contributed by atoms with Crippen LogP contribution in [0.2, 0.25) is 0 Å². The number of thioether (sulfide) groups is 1. The minimum atomic E-state index is -0.468. The molecule has 0 radical (unpaired) electrons. The lowest BCUT2D eigenvalue weighted by atomic mass is 10.0. The maximum absolute atomic E-state index is 11.6. The lowest BCUT2D eigenvalue weighted by molar-refractivity contribution is -0.119. The summed E-state index contributed by atoms with van der Waals surface area (Å²) in [6.07, 6.45) is 3.84. The number of rotatable bonds is 7. The van der Waals surface area contributed by atoms with E-state index < -0.39 is 6.10 Å². The molecule has 5 heteroatoms. The Morgan fingerprint density at radius 2 is 2.17 bits per heavy atom. The van der Waals surface area contributed by atoms with Gasteiger partial charge in [-0.05, 0) is 18.1 Å². The number of amides is 1. The zero-order valence-corrected chi connectivity index (χ0v) is 11.6. The number of hydrogen-bond donors (Lipinski definition) is 2. The predicted molar refractivity (Wildman–Crippen MR) is 73.4 cm³/mol. The molecule has 2 N–H and O–H groups in total. The van der Waals surface area contributed by atoms with Crippen molar-refractivity contribution < 1.29 is 9.90 Å². The van der Waals surface area contributed by atoms with Crippen LogP contribution in [0.3, 0.4) is 0 Å². The predicted octanol–water partition coefficient (Wildman–Crippen LogP) is 1.70. The molecule has 1 amide bonds. The van der Waals surface area contributed by atoms with E-state index in [1.165, 1.54) is 11.8 Å². The van der Waals surface area contributed by atoms with Gasteiger partial charge < -0.3 is 10.4 Å². The van der Waals surface area contributed by atoms with Crippen molar-refractivity contribution >= 4 is 17.7 Å². The number of hydrogen-bond acceptors (Lipinski definition) is 4. The number of aliphatic hydroxyl groups excluding tert-OH is 1. The molecule has 0 aliphatic rings. The van der Waals surface area contributed by atoms with Gasteiger partial charge in [-0.25, -0.2) is 0 Å². The second-order valence-electron chi connectivity index (χ2n) is 4.23. The summed E-state index contributed by atoms with van der Waals surface area (Å²) in [4.78, 5) is 16.5. The highest BCUT2D eigenvalue weighted by molar-refractivity contribution is 8.00. The van der Waals surface area contributed by atoms with Gasteiger partial charge in [0.1, 0.15) is 0 Å². The number of carbonyl (C=O) groups is 1. The first-order valence-electron chi connectivity index (χ1n) is 6.11. The molecular weight excluding hydrogens is 248 g/mol. The van der Waals surface area contributed by atoms with Gasteiger partial charge in [-0.3, -0.25) is 9.78 Å². The Labute approximate surface area is 112 Å². The molecule has 1 rings (SSSR count). The molecule has 2 unspecified atom stereocenters. The Bertz CT molecular complexity index is 359. The summed E-state index contributed by atoms with van der Waals surface area (Å²) < 4.78 is 0. The van der Waals surface area contributed by atoms with Crippen molar-refractivity contribution in [3.8, 4) is 0 Å². The maximum atomic E-state index is 11.6. The highest BCUT2D eigenvalue weighted by Gasteiger charge is 2.13. The average Bonchev–Trinajstić information content (AvgIpc) is 2.42. The number of aromatic nitrogens is 1. The fourth-order valence-electron chi connectivity index (χ4n) is 1.33. The van der Waals surface area contributed by atoms with Gasteiger partial charge in [-0.1, -0.05) is 20.3 Å². The third-order valence-electron chi connectivity index (χ3n) is 2.83. The molecule has 1 aromatic rings. The normalized spacial score (nSPS) is 13.9. The molecular formula is C13H20N2O2S. The first-order chi connectivity index (χ1) is 8.63. The number of pyridine rings is 1. The Balaban J connectivity index is 2.22. The lowest BCUT2D eigenvalue weighted by Gasteiger charge is -2.17. The lowest BCUT2D eigenvalue weighted by Crippen LogP contribution is -2.36. The SMILES string of the molecule is CCC(C)C(O)CNC(=O)CSc1ccncc1. The number of nitrogens with zero attached hydrogens (tertiary/aromatic N) is 1. The van der Waals surface area contributed by atoms with Crippen LogP contribution in [0, 0.1) is 5.92 Å². The number of nitrogens with one attached hydrogen (secondary N) is 1. The van der Waals surface area contributed by atoms with Crippen LogP contribution in [0.1, 0.15) is 20.3 Å². The third kappa shape index (κ3) is 5.51. The molecule has 0 saturated heterocycles. The molecule has 100 valence electrons. The summed E-state index contributed by atoms with van der Waals surface area (Å²) in [5.41, 5.74) is 0. The van der Waals surface area contributed by atoms with Gasteiger partial charge in [-0.15, -0.1) is 11.8 Å². The molecule has 0 spiro atoms. The van der Waals surface area contributed by atoms with Crippen molar-refractivity contribution in [1.29, 1.82) is 0 Å². The van der Waals surface area contributed by atoms with Crippen LogP contribution in [-0.4, -0.2) is 34.4 Å². The van der Waals surface area contributed by atoms with Crippen molar-refractivity contribution in [1.82, 2.24) is 10.3 Å². The van der Waals surface area contributed by atoms with Crippen LogP contribution in [0.5, 0.6) is 0 Å². The largest absolute Gasteiger partial charge is 0.391 e. The van der Waals surface area contributed by atoms with E-state index in [0.29, 0.717) is 12.3 Å². The van der Waals surface area contributed by atoms with Crippen LogP contribution in [0.15, 0.2) is 29.4 Å². The first kappa shape index (κ1) is 15.0. The van der Waals surface area contributed by atoms with Crippen molar-refractivity contribution in [2.75, 3.05) is 12.3 Å². The molecule has 2 atom stereocenters. The summed E-state index contributed by atoms with van der Waals surface area (Å²) in [6.45, 7) is 4.32. The standard InChI is InChI=1S/C13H20N2O2S/c1-3-10(2)12(16)8-15-13(17)9-18-11-4-6-14-7-5-11/h4-7,10,12,16H,3,8-9H2,1-2H3,(H,15,17). The van der Waals surface area contributed by atoms with Crippen LogP contribution in [0.4, 0.5) is 0 Å². The molecule has 0 aliphatic carbocycles. The van der Waals surface area contributed by atoms with E-state index >= 15 is 0 Å². The first-order valence-corrected chi connectivity index (χ1v) is 7.09. The average molecular weight is 268 g/mol. The highest BCUT2D eigenvalue weighted by atomic mass is 32.2. The van der Waals surface area contributed by atoms with Crippen LogP contribution >= 0.6 is 11.8 Å². The summed E-state index contributed by atoms with van der Waals surface area (Å²) in [7, 11) is 0. The zero-order valence-electron chi connectivity index (χ0n) is 10.8. The van der Waals surface area contributed by atoms with Crippen LogP contribution in [0.25, 0.3) is 0 Å². The Hall–Kier alpha value is -1.07. The fourth-order valence-corrected chi connectivity index (χ4v) is 2.04. The van der Waals surface area contributed by atoms with Gasteiger partial charge in [0.2, 0.25) is 5.91 Å². The van der Waals surface area contributed by atoms with Gasteiger partial charge in [-0.2, -0.15) is 0 Å². The molecule has 4 nitrogen and oxygen atoms in total. The summed E-state index contributed by atoms with van der Waals surface area (Å²) in [5.74, 6) is 0.509. The van der Waals surface area contributed by atoms with E-state index in [0.717, 1.165) is 11.3 Å². The zero-order chi connectivity index (χ0) is 13.4. The molecule has 0 bridgehead atoms. The summed E-state index contributed by atoms with van der Waals surface area (Å²) >= 11 is 1.46. The molecule has 0 aromatic carbocycles. The third-order valence-corrected chi connectivity index (χ3v) is 3.84. The fraction of sp³-hybridized carbons (Fsp3) is 0.538. The number of aliphatic hydroxyl groups is 1. The summed E-state index contributed by atoms with van der Waals surface area (Å²) in [5, 5.41) is 12.5.